The monoisotopic (exact) mass is 323 g/mol. The zero-order valence-corrected chi connectivity index (χ0v) is 13.3. The number of carbonyl (C=O) groups excluding carboxylic acids is 2. The van der Waals surface area contributed by atoms with Crippen molar-refractivity contribution < 1.29 is 14.3 Å². The number of amides is 1. The van der Waals surface area contributed by atoms with E-state index in [4.69, 9.17) is 4.74 Å². The summed E-state index contributed by atoms with van der Waals surface area (Å²) in [6, 6.07) is 12.7. The van der Waals surface area contributed by atoms with Gasteiger partial charge < -0.3 is 20.7 Å². The number of hydrogen-bond donors (Lipinski definition) is 3. The lowest BCUT2D eigenvalue weighted by atomic mass is 10.1. The Morgan fingerprint density at radius 2 is 1.83 bits per heavy atom. The number of fused-ring (bicyclic) bond motifs is 1. The second-order valence-corrected chi connectivity index (χ2v) is 5.24. The van der Waals surface area contributed by atoms with Gasteiger partial charge in [0.1, 0.15) is 0 Å². The standard InChI is InChI=1S/C18H17N3O3/c1-19-12-4-6-13(7-5-12)20-10-15-14-8-3-11(18(23)24-2)9-16(14)21-17(15)22/h3-10,19-20H,1-2H3,(H,21,22)/b15-10-. The first kappa shape index (κ1) is 15.6. The quantitative estimate of drug-likeness (QED) is 0.595. The molecule has 0 fully saturated rings. The lowest BCUT2D eigenvalue weighted by Gasteiger charge is -2.05. The Morgan fingerprint density at radius 1 is 1.12 bits per heavy atom. The molecule has 0 bridgehead atoms. The van der Waals surface area contributed by atoms with E-state index in [-0.39, 0.29) is 5.91 Å². The van der Waals surface area contributed by atoms with Crippen LogP contribution in [0.15, 0.2) is 48.7 Å². The predicted octanol–water partition coefficient (Wildman–Crippen LogP) is 2.92. The van der Waals surface area contributed by atoms with E-state index in [9.17, 15) is 9.59 Å². The Bertz CT molecular complexity index is 826. The molecule has 3 N–H and O–H groups in total. The Balaban J connectivity index is 1.84. The molecule has 2 aromatic carbocycles. The van der Waals surface area contributed by atoms with E-state index in [0.29, 0.717) is 16.8 Å². The van der Waals surface area contributed by atoms with Gasteiger partial charge in [-0.2, -0.15) is 0 Å². The summed E-state index contributed by atoms with van der Waals surface area (Å²) in [6.45, 7) is 0. The Hall–Kier alpha value is -3.28. The van der Waals surface area contributed by atoms with E-state index in [1.165, 1.54) is 7.11 Å². The van der Waals surface area contributed by atoms with Crippen molar-refractivity contribution in [2.45, 2.75) is 0 Å². The topological polar surface area (TPSA) is 79.5 Å². The number of carbonyl (C=O) groups is 2. The van der Waals surface area contributed by atoms with Crippen molar-refractivity contribution >= 4 is 34.5 Å². The average Bonchev–Trinajstić information content (AvgIpc) is 2.94. The SMILES string of the molecule is CNc1ccc(N/C=C2\C(=O)Nc3cc(C(=O)OC)ccc32)cc1. The van der Waals surface area contributed by atoms with Crippen LogP contribution >= 0.6 is 0 Å². The number of benzene rings is 2. The van der Waals surface area contributed by atoms with Crippen LogP contribution in [0.25, 0.3) is 5.57 Å². The minimum Gasteiger partial charge on any atom is -0.465 e. The molecule has 6 nitrogen and oxygen atoms in total. The van der Waals surface area contributed by atoms with Gasteiger partial charge in [-0.25, -0.2) is 4.79 Å². The average molecular weight is 323 g/mol. The van der Waals surface area contributed by atoms with E-state index in [2.05, 4.69) is 16.0 Å². The molecule has 2 aromatic rings. The molecule has 24 heavy (non-hydrogen) atoms. The van der Waals surface area contributed by atoms with E-state index in [0.717, 1.165) is 16.9 Å². The lowest BCUT2D eigenvalue weighted by molar-refractivity contribution is -0.110. The number of methoxy groups -OCH3 is 1. The second-order valence-electron chi connectivity index (χ2n) is 5.24. The van der Waals surface area contributed by atoms with Crippen molar-refractivity contribution in [2.24, 2.45) is 0 Å². The maximum absolute atomic E-state index is 12.2. The molecule has 0 aromatic heterocycles. The van der Waals surface area contributed by atoms with Gasteiger partial charge in [-0.05, 0) is 36.4 Å². The number of hydrogen-bond acceptors (Lipinski definition) is 5. The molecule has 1 aliphatic heterocycles. The maximum Gasteiger partial charge on any atom is 0.337 e. The summed E-state index contributed by atoms with van der Waals surface area (Å²) in [5.74, 6) is -0.654. The van der Waals surface area contributed by atoms with Crippen LogP contribution in [0, 0.1) is 0 Å². The first-order valence-electron chi connectivity index (χ1n) is 7.41. The molecule has 1 heterocycles. The normalized spacial score (nSPS) is 14.1. The van der Waals surface area contributed by atoms with Gasteiger partial charge >= 0.3 is 5.97 Å². The molecule has 0 unspecified atom stereocenters. The largest absolute Gasteiger partial charge is 0.465 e. The summed E-state index contributed by atoms with van der Waals surface area (Å²) in [6.07, 6.45) is 1.66. The van der Waals surface area contributed by atoms with Gasteiger partial charge in [0.15, 0.2) is 0 Å². The highest BCUT2D eigenvalue weighted by Gasteiger charge is 2.25. The molecular formula is C18H17N3O3. The van der Waals surface area contributed by atoms with Crippen LogP contribution in [0.3, 0.4) is 0 Å². The van der Waals surface area contributed by atoms with E-state index in [1.807, 2.05) is 31.3 Å². The molecule has 3 rings (SSSR count). The lowest BCUT2D eigenvalue weighted by Crippen LogP contribution is -2.05. The Morgan fingerprint density at radius 3 is 2.50 bits per heavy atom. The number of nitrogens with one attached hydrogen (secondary N) is 3. The van der Waals surface area contributed by atoms with Crippen molar-refractivity contribution in [3.05, 3.63) is 59.8 Å². The van der Waals surface area contributed by atoms with Gasteiger partial charge in [0, 0.05) is 35.9 Å². The molecule has 122 valence electrons. The second kappa shape index (κ2) is 6.45. The van der Waals surface area contributed by atoms with E-state index >= 15 is 0 Å². The molecule has 6 heteroatoms. The van der Waals surface area contributed by atoms with Crippen molar-refractivity contribution in [3.63, 3.8) is 0 Å². The zero-order valence-electron chi connectivity index (χ0n) is 13.3. The van der Waals surface area contributed by atoms with E-state index < -0.39 is 5.97 Å². The highest BCUT2D eigenvalue weighted by Crippen LogP contribution is 2.32. The fraction of sp³-hybridized carbons (Fsp3) is 0.111. The smallest absolute Gasteiger partial charge is 0.337 e. The third kappa shape index (κ3) is 2.94. The van der Waals surface area contributed by atoms with Crippen LogP contribution in [0.2, 0.25) is 0 Å². The fourth-order valence-corrected chi connectivity index (χ4v) is 2.47. The molecule has 0 radical (unpaired) electrons. The van der Waals surface area contributed by atoms with Gasteiger partial charge in [0.25, 0.3) is 5.91 Å². The third-order valence-electron chi connectivity index (χ3n) is 3.78. The van der Waals surface area contributed by atoms with Gasteiger partial charge in [-0.3, -0.25) is 4.79 Å². The van der Waals surface area contributed by atoms with Crippen LogP contribution in [-0.4, -0.2) is 26.0 Å². The van der Waals surface area contributed by atoms with Crippen LogP contribution in [-0.2, 0) is 9.53 Å². The van der Waals surface area contributed by atoms with Gasteiger partial charge in [-0.1, -0.05) is 6.07 Å². The molecule has 1 amide bonds. The summed E-state index contributed by atoms with van der Waals surface area (Å²) in [4.78, 5) is 23.7. The highest BCUT2D eigenvalue weighted by molar-refractivity contribution is 6.31. The molecule has 1 aliphatic rings. The Kier molecular flexibility index (Phi) is 4.20. The molecule has 0 spiro atoms. The Labute approximate surface area is 139 Å². The first-order chi connectivity index (χ1) is 11.6. The fourth-order valence-electron chi connectivity index (χ4n) is 2.47. The highest BCUT2D eigenvalue weighted by atomic mass is 16.5. The summed E-state index contributed by atoms with van der Waals surface area (Å²) in [5, 5.41) is 8.92. The van der Waals surface area contributed by atoms with E-state index in [1.54, 1.807) is 24.4 Å². The van der Waals surface area contributed by atoms with Crippen LogP contribution < -0.4 is 16.0 Å². The molecular weight excluding hydrogens is 306 g/mol. The maximum atomic E-state index is 12.2. The summed E-state index contributed by atoms with van der Waals surface area (Å²) < 4.78 is 4.69. The summed E-state index contributed by atoms with van der Waals surface area (Å²) in [5.41, 5.74) is 4.13. The number of anilines is 3. The predicted molar refractivity (Wildman–Crippen MR) is 94.0 cm³/mol. The van der Waals surface area contributed by atoms with Crippen molar-refractivity contribution in [1.29, 1.82) is 0 Å². The minimum absolute atomic E-state index is 0.216. The molecule has 0 atom stereocenters. The molecule has 0 aliphatic carbocycles. The van der Waals surface area contributed by atoms with Crippen molar-refractivity contribution in [1.82, 2.24) is 0 Å². The molecule has 0 saturated carbocycles. The van der Waals surface area contributed by atoms with Crippen LogP contribution in [0.5, 0.6) is 0 Å². The first-order valence-corrected chi connectivity index (χ1v) is 7.41. The molecule has 0 saturated heterocycles. The number of rotatable bonds is 4. The van der Waals surface area contributed by atoms with Gasteiger partial charge in [0.2, 0.25) is 0 Å². The zero-order chi connectivity index (χ0) is 17.1. The summed E-state index contributed by atoms with van der Waals surface area (Å²) in [7, 11) is 3.18. The number of esters is 1. The van der Waals surface area contributed by atoms with Gasteiger partial charge in [-0.15, -0.1) is 0 Å². The van der Waals surface area contributed by atoms with Crippen molar-refractivity contribution in [2.75, 3.05) is 30.1 Å². The van der Waals surface area contributed by atoms with Gasteiger partial charge in [0.05, 0.1) is 18.2 Å². The van der Waals surface area contributed by atoms with Crippen LogP contribution in [0.1, 0.15) is 15.9 Å². The minimum atomic E-state index is -0.438. The summed E-state index contributed by atoms with van der Waals surface area (Å²) >= 11 is 0. The third-order valence-corrected chi connectivity index (χ3v) is 3.78. The van der Waals surface area contributed by atoms with Crippen LogP contribution in [0.4, 0.5) is 17.1 Å². The van der Waals surface area contributed by atoms with Crippen molar-refractivity contribution in [3.8, 4) is 0 Å². The number of ether oxygens (including phenoxy) is 1.